The van der Waals surface area contributed by atoms with Crippen molar-refractivity contribution in [3.8, 4) is 5.75 Å². The highest BCUT2D eigenvalue weighted by atomic mass is 16.6. The molecule has 6 heteroatoms. The minimum absolute atomic E-state index is 0.107. The van der Waals surface area contributed by atoms with Gasteiger partial charge in [0.15, 0.2) is 6.29 Å². The molecule has 0 aliphatic rings. The first-order valence-electron chi connectivity index (χ1n) is 6.88. The van der Waals surface area contributed by atoms with E-state index in [4.69, 9.17) is 9.47 Å². The molecule has 1 amide bonds. The van der Waals surface area contributed by atoms with Gasteiger partial charge in [0, 0.05) is 0 Å². The second-order valence-corrected chi connectivity index (χ2v) is 4.55. The molecule has 6 nitrogen and oxygen atoms in total. The summed E-state index contributed by atoms with van der Waals surface area (Å²) < 4.78 is 9.97. The van der Waals surface area contributed by atoms with Gasteiger partial charge in [-0.3, -0.25) is 4.79 Å². The van der Waals surface area contributed by atoms with Crippen molar-refractivity contribution < 1.29 is 23.9 Å². The zero-order chi connectivity index (χ0) is 16.5. The van der Waals surface area contributed by atoms with E-state index in [0.29, 0.717) is 6.29 Å². The number of hydrogen-bond acceptors (Lipinski definition) is 5. The lowest BCUT2D eigenvalue weighted by molar-refractivity contribution is -0.133. The molecule has 0 atom stereocenters. The van der Waals surface area contributed by atoms with Crippen molar-refractivity contribution in [1.82, 2.24) is 5.32 Å². The molecule has 2 aromatic rings. The van der Waals surface area contributed by atoms with Crippen LogP contribution in [0.1, 0.15) is 15.9 Å². The summed E-state index contributed by atoms with van der Waals surface area (Å²) >= 11 is 0. The van der Waals surface area contributed by atoms with Crippen LogP contribution in [0.4, 0.5) is 4.79 Å². The maximum Gasteiger partial charge on any atom is 0.407 e. The number of nitrogens with one attached hydrogen (secondary N) is 1. The van der Waals surface area contributed by atoms with Crippen LogP contribution < -0.4 is 10.1 Å². The van der Waals surface area contributed by atoms with E-state index >= 15 is 0 Å². The van der Waals surface area contributed by atoms with Crippen LogP contribution in [-0.2, 0) is 16.1 Å². The second kappa shape index (κ2) is 8.33. The van der Waals surface area contributed by atoms with Crippen LogP contribution in [0.15, 0.2) is 54.6 Å². The Labute approximate surface area is 133 Å². The third-order valence-corrected chi connectivity index (χ3v) is 2.86. The van der Waals surface area contributed by atoms with E-state index in [0.717, 1.165) is 5.56 Å². The van der Waals surface area contributed by atoms with Crippen molar-refractivity contribution >= 4 is 18.3 Å². The number of para-hydroxylation sites is 1. The molecule has 2 aromatic carbocycles. The number of amides is 1. The standard InChI is InChI=1S/C17H15NO5/c19-11-14-8-4-5-9-15(14)23-16(20)10-18-17(21)22-12-13-6-2-1-3-7-13/h1-9,11H,10,12H2,(H,18,21). The fraction of sp³-hybridized carbons (Fsp3) is 0.118. The highest BCUT2D eigenvalue weighted by molar-refractivity contribution is 5.84. The Hall–Kier alpha value is -3.15. The number of benzene rings is 2. The summed E-state index contributed by atoms with van der Waals surface area (Å²) in [6.07, 6.45) is -0.140. The first-order valence-corrected chi connectivity index (χ1v) is 6.88. The molecule has 0 aromatic heterocycles. The van der Waals surface area contributed by atoms with Crippen LogP contribution >= 0.6 is 0 Å². The van der Waals surface area contributed by atoms with Crippen molar-refractivity contribution in [2.24, 2.45) is 0 Å². The number of alkyl carbamates (subject to hydrolysis) is 1. The number of rotatable bonds is 6. The van der Waals surface area contributed by atoms with Gasteiger partial charge in [-0.15, -0.1) is 0 Å². The summed E-state index contributed by atoms with van der Waals surface area (Å²) in [6, 6.07) is 15.5. The fourth-order valence-electron chi connectivity index (χ4n) is 1.75. The third kappa shape index (κ3) is 5.28. The van der Waals surface area contributed by atoms with Crippen molar-refractivity contribution in [1.29, 1.82) is 0 Å². The van der Waals surface area contributed by atoms with E-state index in [2.05, 4.69) is 5.32 Å². The lowest BCUT2D eigenvalue weighted by Crippen LogP contribution is -2.32. The molecule has 0 saturated heterocycles. The Bertz CT molecular complexity index is 684. The quantitative estimate of drug-likeness (QED) is 0.503. The topological polar surface area (TPSA) is 81.7 Å². The summed E-state index contributed by atoms with van der Waals surface area (Å²) in [4.78, 5) is 34.0. The summed E-state index contributed by atoms with van der Waals surface area (Å²) in [5.41, 5.74) is 1.10. The second-order valence-electron chi connectivity index (χ2n) is 4.55. The fourth-order valence-corrected chi connectivity index (χ4v) is 1.75. The maximum atomic E-state index is 11.7. The largest absolute Gasteiger partial charge is 0.445 e. The SMILES string of the molecule is O=Cc1ccccc1OC(=O)CNC(=O)OCc1ccccc1. The molecule has 0 fully saturated rings. The van der Waals surface area contributed by atoms with Gasteiger partial charge in [-0.1, -0.05) is 42.5 Å². The zero-order valence-corrected chi connectivity index (χ0v) is 12.2. The van der Waals surface area contributed by atoms with Gasteiger partial charge in [0.1, 0.15) is 18.9 Å². The number of carbonyl (C=O) groups is 3. The molecule has 1 N–H and O–H groups in total. The number of carbonyl (C=O) groups excluding carboxylic acids is 3. The Balaban J connectivity index is 1.75. The van der Waals surface area contributed by atoms with Crippen molar-refractivity contribution in [2.45, 2.75) is 6.61 Å². The normalized spacial score (nSPS) is 9.74. The van der Waals surface area contributed by atoms with Crippen LogP contribution in [0.5, 0.6) is 5.75 Å². The monoisotopic (exact) mass is 313 g/mol. The number of esters is 1. The van der Waals surface area contributed by atoms with E-state index in [-0.39, 0.29) is 24.5 Å². The molecular weight excluding hydrogens is 298 g/mol. The number of hydrogen-bond donors (Lipinski definition) is 1. The average Bonchev–Trinajstić information content (AvgIpc) is 2.59. The summed E-state index contributed by atoms with van der Waals surface area (Å²) in [5.74, 6) is -0.553. The first kappa shape index (κ1) is 16.2. The molecule has 23 heavy (non-hydrogen) atoms. The van der Waals surface area contributed by atoms with Gasteiger partial charge in [0.25, 0.3) is 0 Å². The summed E-state index contributed by atoms with van der Waals surface area (Å²) in [6.45, 7) is -0.253. The van der Waals surface area contributed by atoms with Crippen LogP contribution in [0.25, 0.3) is 0 Å². The number of aldehydes is 1. The third-order valence-electron chi connectivity index (χ3n) is 2.86. The summed E-state index contributed by atoms with van der Waals surface area (Å²) in [5, 5.41) is 2.29. The van der Waals surface area contributed by atoms with Gasteiger partial charge in [-0.05, 0) is 17.7 Å². The lowest BCUT2D eigenvalue weighted by Gasteiger charge is -2.08. The molecule has 0 radical (unpaired) electrons. The van der Waals surface area contributed by atoms with Crippen LogP contribution in [0.2, 0.25) is 0 Å². The number of ether oxygens (including phenoxy) is 2. The van der Waals surface area contributed by atoms with E-state index in [9.17, 15) is 14.4 Å². The molecule has 0 saturated carbocycles. The van der Waals surface area contributed by atoms with Gasteiger partial charge in [-0.2, -0.15) is 0 Å². The Morgan fingerprint density at radius 1 is 1.00 bits per heavy atom. The average molecular weight is 313 g/mol. The predicted octanol–water partition coefficient (Wildman–Crippen LogP) is 2.33. The molecule has 0 heterocycles. The molecular formula is C17H15NO5. The smallest absolute Gasteiger partial charge is 0.407 e. The van der Waals surface area contributed by atoms with Crippen LogP contribution in [-0.4, -0.2) is 24.9 Å². The van der Waals surface area contributed by atoms with E-state index < -0.39 is 12.1 Å². The zero-order valence-electron chi connectivity index (χ0n) is 12.2. The lowest BCUT2D eigenvalue weighted by atomic mass is 10.2. The Kier molecular flexibility index (Phi) is 5.88. The highest BCUT2D eigenvalue weighted by Gasteiger charge is 2.10. The molecule has 0 aliphatic carbocycles. The van der Waals surface area contributed by atoms with Gasteiger partial charge in [-0.25, -0.2) is 9.59 Å². The summed E-state index contributed by atoms with van der Waals surface area (Å²) in [7, 11) is 0. The van der Waals surface area contributed by atoms with Crippen LogP contribution in [0.3, 0.4) is 0 Å². The molecule has 0 aliphatic heterocycles. The Morgan fingerprint density at radius 3 is 2.43 bits per heavy atom. The van der Waals surface area contributed by atoms with E-state index in [1.54, 1.807) is 12.1 Å². The van der Waals surface area contributed by atoms with Crippen molar-refractivity contribution in [2.75, 3.05) is 6.54 Å². The molecule has 0 bridgehead atoms. The molecule has 0 spiro atoms. The first-order chi connectivity index (χ1) is 11.2. The molecule has 0 unspecified atom stereocenters. The predicted molar refractivity (Wildman–Crippen MR) is 82.1 cm³/mol. The van der Waals surface area contributed by atoms with Gasteiger partial charge < -0.3 is 14.8 Å². The highest BCUT2D eigenvalue weighted by Crippen LogP contribution is 2.15. The molecule has 118 valence electrons. The van der Waals surface area contributed by atoms with E-state index in [1.165, 1.54) is 12.1 Å². The van der Waals surface area contributed by atoms with Crippen molar-refractivity contribution in [3.63, 3.8) is 0 Å². The van der Waals surface area contributed by atoms with Gasteiger partial charge >= 0.3 is 12.1 Å². The van der Waals surface area contributed by atoms with Gasteiger partial charge in [0.05, 0.1) is 5.56 Å². The Morgan fingerprint density at radius 2 is 1.70 bits per heavy atom. The van der Waals surface area contributed by atoms with Gasteiger partial charge in [0.2, 0.25) is 0 Å². The maximum absolute atomic E-state index is 11.7. The van der Waals surface area contributed by atoms with Crippen LogP contribution in [0, 0.1) is 0 Å². The molecule has 2 rings (SSSR count). The van der Waals surface area contributed by atoms with E-state index in [1.807, 2.05) is 30.3 Å². The minimum atomic E-state index is -0.727. The minimum Gasteiger partial charge on any atom is -0.445 e. The van der Waals surface area contributed by atoms with Crippen molar-refractivity contribution in [3.05, 3.63) is 65.7 Å².